The van der Waals surface area contributed by atoms with Crippen LogP contribution < -0.4 is 0 Å². The number of furan rings is 1. The molecule has 0 atom stereocenters. The van der Waals surface area contributed by atoms with Crippen LogP contribution in [0.15, 0.2) is 40.7 Å². The number of aliphatic hydroxyl groups excluding tert-OH is 1. The molecule has 0 bridgehead atoms. The number of allylic oxidation sites excluding steroid dienone is 3. The average Bonchev–Trinajstić information content (AvgIpc) is 2.57. The van der Waals surface area contributed by atoms with Gasteiger partial charge in [0.1, 0.15) is 11.5 Å². The summed E-state index contributed by atoms with van der Waals surface area (Å²) in [6.07, 6.45) is 7.13. The topological polar surface area (TPSA) is 33.4 Å². The lowest BCUT2D eigenvalue weighted by Crippen LogP contribution is -1.92. The predicted octanol–water partition coefficient (Wildman–Crippen LogP) is 2.90. The Labute approximate surface area is 70.8 Å². The Kier molecular flexibility index (Phi) is 1.74. The van der Waals surface area contributed by atoms with Crippen molar-refractivity contribution in [3.05, 3.63) is 42.1 Å². The quantitative estimate of drug-likeness (QED) is 0.688. The normalized spacial score (nSPS) is 17.0. The van der Waals surface area contributed by atoms with Gasteiger partial charge in [-0.05, 0) is 31.1 Å². The van der Waals surface area contributed by atoms with Crippen LogP contribution in [-0.2, 0) is 0 Å². The minimum absolute atomic E-state index is 0.330. The van der Waals surface area contributed by atoms with E-state index in [2.05, 4.69) is 0 Å². The first-order valence-electron chi connectivity index (χ1n) is 4.00. The number of aliphatic hydroxyl groups is 1. The van der Waals surface area contributed by atoms with Gasteiger partial charge in [-0.1, -0.05) is 6.08 Å². The Bertz CT molecular complexity index is 318. The summed E-state index contributed by atoms with van der Waals surface area (Å²) in [5.74, 6) is 1.10. The van der Waals surface area contributed by atoms with E-state index in [1.54, 1.807) is 12.3 Å². The molecule has 0 unspecified atom stereocenters. The molecular weight excluding hydrogens is 152 g/mol. The highest BCUT2D eigenvalue weighted by atomic mass is 16.3. The highest BCUT2D eigenvalue weighted by Crippen LogP contribution is 2.26. The Hall–Kier alpha value is -1.44. The van der Waals surface area contributed by atoms with Crippen LogP contribution in [0.25, 0.3) is 5.57 Å². The molecule has 0 saturated carbocycles. The number of rotatable bonds is 1. The lowest BCUT2D eigenvalue weighted by molar-refractivity contribution is 0.427. The third kappa shape index (κ3) is 1.16. The summed E-state index contributed by atoms with van der Waals surface area (Å²) < 4.78 is 5.19. The summed E-state index contributed by atoms with van der Waals surface area (Å²) in [6, 6.07) is 3.69. The summed E-state index contributed by atoms with van der Waals surface area (Å²) in [5.41, 5.74) is 0.905. The molecule has 1 heterocycles. The van der Waals surface area contributed by atoms with Crippen LogP contribution in [0.5, 0.6) is 0 Å². The van der Waals surface area contributed by atoms with Gasteiger partial charge in [-0.25, -0.2) is 0 Å². The van der Waals surface area contributed by atoms with Crippen molar-refractivity contribution in [3.8, 4) is 0 Å². The maximum atomic E-state index is 9.47. The van der Waals surface area contributed by atoms with Gasteiger partial charge in [0.15, 0.2) is 0 Å². The molecule has 0 fully saturated rings. The third-order valence-electron chi connectivity index (χ3n) is 1.96. The largest absolute Gasteiger partial charge is 0.508 e. The van der Waals surface area contributed by atoms with Gasteiger partial charge in [-0.15, -0.1) is 0 Å². The molecule has 2 heteroatoms. The smallest absolute Gasteiger partial charge is 0.133 e. The van der Waals surface area contributed by atoms with E-state index in [4.69, 9.17) is 4.42 Å². The first kappa shape index (κ1) is 7.22. The summed E-state index contributed by atoms with van der Waals surface area (Å²) in [7, 11) is 0. The first-order chi connectivity index (χ1) is 5.88. The van der Waals surface area contributed by atoms with E-state index in [-0.39, 0.29) is 0 Å². The van der Waals surface area contributed by atoms with E-state index < -0.39 is 0 Å². The van der Waals surface area contributed by atoms with E-state index >= 15 is 0 Å². The van der Waals surface area contributed by atoms with Crippen LogP contribution in [0.4, 0.5) is 0 Å². The predicted molar refractivity (Wildman–Crippen MR) is 46.6 cm³/mol. The molecule has 62 valence electrons. The van der Waals surface area contributed by atoms with Crippen molar-refractivity contribution in [1.82, 2.24) is 0 Å². The van der Waals surface area contributed by atoms with Crippen molar-refractivity contribution >= 4 is 5.57 Å². The standard InChI is InChI=1S/C10H10O2/c11-9-5-2-1-4-8(9)10-6-3-7-12-10/h2-3,5-7,11H,1,4H2. The molecule has 2 nitrogen and oxygen atoms in total. The molecule has 0 radical (unpaired) electrons. The van der Waals surface area contributed by atoms with Gasteiger partial charge in [-0.3, -0.25) is 0 Å². The monoisotopic (exact) mass is 162 g/mol. The van der Waals surface area contributed by atoms with Crippen molar-refractivity contribution < 1.29 is 9.52 Å². The van der Waals surface area contributed by atoms with Crippen molar-refractivity contribution in [3.63, 3.8) is 0 Å². The Morgan fingerprint density at radius 3 is 3.00 bits per heavy atom. The lowest BCUT2D eigenvalue weighted by atomic mass is 10.0. The molecule has 0 aromatic carbocycles. The molecule has 1 aliphatic carbocycles. The van der Waals surface area contributed by atoms with Crippen LogP contribution in [0, 0.1) is 0 Å². The summed E-state index contributed by atoms with van der Waals surface area (Å²) >= 11 is 0. The minimum atomic E-state index is 0.330. The molecule has 12 heavy (non-hydrogen) atoms. The van der Waals surface area contributed by atoms with Crippen LogP contribution in [0.2, 0.25) is 0 Å². The second-order valence-electron chi connectivity index (χ2n) is 2.78. The molecular formula is C10H10O2. The van der Waals surface area contributed by atoms with E-state index in [0.29, 0.717) is 5.76 Å². The second-order valence-corrected chi connectivity index (χ2v) is 2.78. The van der Waals surface area contributed by atoms with E-state index in [0.717, 1.165) is 24.2 Å². The van der Waals surface area contributed by atoms with Crippen molar-refractivity contribution in [1.29, 1.82) is 0 Å². The highest BCUT2D eigenvalue weighted by molar-refractivity contribution is 5.66. The fourth-order valence-corrected chi connectivity index (χ4v) is 1.35. The van der Waals surface area contributed by atoms with Gasteiger partial charge < -0.3 is 9.52 Å². The fourth-order valence-electron chi connectivity index (χ4n) is 1.35. The van der Waals surface area contributed by atoms with Crippen LogP contribution in [-0.4, -0.2) is 5.11 Å². The molecule has 0 saturated heterocycles. The number of hydrogen-bond donors (Lipinski definition) is 1. The van der Waals surface area contributed by atoms with Crippen molar-refractivity contribution in [2.45, 2.75) is 12.8 Å². The molecule has 1 N–H and O–H groups in total. The fraction of sp³-hybridized carbons (Fsp3) is 0.200. The van der Waals surface area contributed by atoms with Gasteiger partial charge >= 0.3 is 0 Å². The highest BCUT2D eigenvalue weighted by Gasteiger charge is 2.11. The molecule has 1 aliphatic rings. The first-order valence-corrected chi connectivity index (χ1v) is 4.00. The Morgan fingerprint density at radius 1 is 1.42 bits per heavy atom. The zero-order chi connectivity index (χ0) is 8.39. The zero-order valence-corrected chi connectivity index (χ0v) is 6.66. The minimum Gasteiger partial charge on any atom is -0.508 e. The van der Waals surface area contributed by atoms with E-state index in [1.807, 2.05) is 18.2 Å². The zero-order valence-electron chi connectivity index (χ0n) is 6.66. The number of hydrogen-bond acceptors (Lipinski definition) is 2. The Morgan fingerprint density at radius 2 is 2.33 bits per heavy atom. The third-order valence-corrected chi connectivity index (χ3v) is 1.96. The van der Waals surface area contributed by atoms with Gasteiger partial charge in [-0.2, -0.15) is 0 Å². The SMILES string of the molecule is OC1=C(c2ccco2)CCC=C1. The van der Waals surface area contributed by atoms with Gasteiger partial charge in [0, 0.05) is 5.57 Å². The van der Waals surface area contributed by atoms with E-state index in [1.165, 1.54) is 0 Å². The summed E-state index contributed by atoms with van der Waals surface area (Å²) in [6.45, 7) is 0. The molecule has 0 aliphatic heterocycles. The molecule has 1 aromatic heterocycles. The van der Waals surface area contributed by atoms with Crippen LogP contribution >= 0.6 is 0 Å². The molecule has 1 aromatic rings. The Balaban J connectivity index is 2.40. The van der Waals surface area contributed by atoms with Gasteiger partial charge in [0.25, 0.3) is 0 Å². The maximum Gasteiger partial charge on any atom is 0.133 e. The van der Waals surface area contributed by atoms with Crippen LogP contribution in [0.1, 0.15) is 18.6 Å². The van der Waals surface area contributed by atoms with Gasteiger partial charge in [0.05, 0.1) is 6.26 Å². The molecule has 2 rings (SSSR count). The molecule has 0 spiro atoms. The lowest BCUT2D eigenvalue weighted by Gasteiger charge is -2.08. The molecule has 0 amide bonds. The van der Waals surface area contributed by atoms with Crippen molar-refractivity contribution in [2.75, 3.05) is 0 Å². The van der Waals surface area contributed by atoms with Crippen molar-refractivity contribution in [2.24, 2.45) is 0 Å². The maximum absolute atomic E-state index is 9.47. The summed E-state index contributed by atoms with van der Waals surface area (Å²) in [5, 5.41) is 9.47. The van der Waals surface area contributed by atoms with E-state index in [9.17, 15) is 5.11 Å². The second kappa shape index (κ2) is 2.89. The van der Waals surface area contributed by atoms with Gasteiger partial charge in [0.2, 0.25) is 0 Å². The van der Waals surface area contributed by atoms with Crippen LogP contribution in [0.3, 0.4) is 0 Å². The average molecular weight is 162 g/mol. The summed E-state index contributed by atoms with van der Waals surface area (Å²) in [4.78, 5) is 0.